The van der Waals surface area contributed by atoms with Crippen molar-refractivity contribution < 1.29 is 24.2 Å². The van der Waals surface area contributed by atoms with Crippen LogP contribution in [0, 0.1) is 6.92 Å². The Bertz CT molecular complexity index is 1060. The van der Waals surface area contributed by atoms with E-state index < -0.39 is 17.7 Å². The number of methoxy groups -OCH3 is 1. The third kappa shape index (κ3) is 4.96. The number of likely N-dealkylation sites (tertiary alicyclic amines) is 1. The van der Waals surface area contributed by atoms with Crippen LogP contribution in [0.4, 0.5) is 0 Å². The lowest BCUT2D eigenvalue weighted by Gasteiger charge is -2.26. The highest BCUT2D eigenvalue weighted by molar-refractivity contribution is 6.46. The van der Waals surface area contributed by atoms with Crippen LogP contribution in [0.5, 0.6) is 5.75 Å². The summed E-state index contributed by atoms with van der Waals surface area (Å²) < 4.78 is 11.2. The zero-order valence-electron chi connectivity index (χ0n) is 20.2. The molecule has 176 valence electrons. The summed E-state index contributed by atoms with van der Waals surface area (Å²) in [5.74, 6) is -0.616. The lowest BCUT2D eigenvalue weighted by molar-refractivity contribution is -0.140. The Balaban J connectivity index is 2.17. The average Bonchev–Trinajstić information content (AvgIpc) is 3.03. The van der Waals surface area contributed by atoms with E-state index in [-0.39, 0.29) is 29.9 Å². The molecule has 0 bridgehead atoms. The zero-order valence-corrected chi connectivity index (χ0v) is 20.2. The van der Waals surface area contributed by atoms with Crippen LogP contribution in [0.1, 0.15) is 61.9 Å². The first-order valence-corrected chi connectivity index (χ1v) is 11.3. The Morgan fingerprint density at radius 3 is 2.33 bits per heavy atom. The normalized spacial score (nSPS) is 17.9. The van der Waals surface area contributed by atoms with Crippen LogP contribution in [0.3, 0.4) is 0 Å². The molecule has 1 fully saturated rings. The van der Waals surface area contributed by atoms with E-state index in [4.69, 9.17) is 9.47 Å². The number of ether oxygens (including phenoxy) is 2. The second kappa shape index (κ2) is 10.2. The number of benzene rings is 2. The largest absolute Gasteiger partial charge is 0.507 e. The maximum atomic E-state index is 13.2. The molecule has 0 radical (unpaired) electrons. The van der Waals surface area contributed by atoms with Gasteiger partial charge in [-0.15, -0.1) is 0 Å². The molecule has 6 nitrogen and oxygen atoms in total. The van der Waals surface area contributed by atoms with Crippen molar-refractivity contribution in [2.24, 2.45) is 0 Å². The quantitative estimate of drug-likeness (QED) is 0.348. The molecular formula is C27H33NO5. The number of nitrogens with zero attached hydrogens (tertiary/aromatic N) is 1. The first-order chi connectivity index (χ1) is 15.7. The van der Waals surface area contributed by atoms with Crippen molar-refractivity contribution in [1.29, 1.82) is 0 Å². The van der Waals surface area contributed by atoms with Crippen LogP contribution in [-0.2, 0) is 14.3 Å². The minimum Gasteiger partial charge on any atom is -0.507 e. The third-order valence-corrected chi connectivity index (χ3v) is 5.89. The van der Waals surface area contributed by atoms with E-state index >= 15 is 0 Å². The topological polar surface area (TPSA) is 76.1 Å². The van der Waals surface area contributed by atoms with Gasteiger partial charge in [0.25, 0.3) is 11.7 Å². The van der Waals surface area contributed by atoms with E-state index in [1.807, 2.05) is 77.1 Å². The molecule has 2 aromatic carbocycles. The van der Waals surface area contributed by atoms with Crippen LogP contribution >= 0.6 is 0 Å². The van der Waals surface area contributed by atoms with Crippen LogP contribution in [0.2, 0.25) is 0 Å². The van der Waals surface area contributed by atoms with Gasteiger partial charge in [0.2, 0.25) is 0 Å². The molecule has 6 heteroatoms. The van der Waals surface area contributed by atoms with Gasteiger partial charge in [-0.2, -0.15) is 0 Å². The summed E-state index contributed by atoms with van der Waals surface area (Å²) in [6.07, 6.45) is 0.00778. The number of Topliss-reactive ketones (excluding diaryl/α,β-unsaturated/α-hetero) is 1. The Morgan fingerprint density at radius 1 is 1.09 bits per heavy atom. The first kappa shape index (κ1) is 24.5. The van der Waals surface area contributed by atoms with Crippen LogP contribution in [0.25, 0.3) is 5.76 Å². The molecule has 0 aliphatic carbocycles. The number of amides is 1. The number of aryl methyl sites for hydroxylation is 1. The molecule has 3 rings (SSSR count). The van der Waals surface area contributed by atoms with E-state index in [1.54, 1.807) is 7.11 Å². The molecule has 1 N–H and O–H groups in total. The Morgan fingerprint density at radius 2 is 1.76 bits per heavy atom. The van der Waals surface area contributed by atoms with E-state index in [9.17, 15) is 14.7 Å². The predicted octanol–water partition coefficient (Wildman–Crippen LogP) is 4.97. The minimum absolute atomic E-state index is 0.00778. The predicted molar refractivity (Wildman–Crippen MR) is 128 cm³/mol. The number of aliphatic hydroxyl groups excluding tert-OH is 1. The zero-order chi connectivity index (χ0) is 24.3. The van der Waals surface area contributed by atoms with Gasteiger partial charge in [-0.3, -0.25) is 9.59 Å². The van der Waals surface area contributed by atoms with Gasteiger partial charge in [0, 0.05) is 12.1 Å². The van der Waals surface area contributed by atoms with Crippen molar-refractivity contribution in [3.8, 4) is 5.75 Å². The molecule has 1 saturated heterocycles. The second-order valence-corrected chi connectivity index (χ2v) is 8.89. The van der Waals surface area contributed by atoms with Gasteiger partial charge < -0.3 is 19.5 Å². The highest BCUT2D eigenvalue weighted by atomic mass is 16.5. The molecule has 2 aromatic rings. The van der Waals surface area contributed by atoms with E-state index in [1.165, 1.54) is 4.90 Å². The van der Waals surface area contributed by atoms with E-state index in [2.05, 4.69) is 0 Å². The molecule has 1 atom stereocenters. The van der Waals surface area contributed by atoms with Crippen LogP contribution < -0.4 is 4.74 Å². The number of hydrogen-bond acceptors (Lipinski definition) is 5. The molecule has 0 spiro atoms. The van der Waals surface area contributed by atoms with Crippen LogP contribution in [0.15, 0.2) is 48.0 Å². The molecular weight excluding hydrogens is 418 g/mol. The fourth-order valence-electron chi connectivity index (χ4n) is 4.21. The summed E-state index contributed by atoms with van der Waals surface area (Å²) in [5.41, 5.74) is 3.06. The number of ketones is 1. The van der Waals surface area contributed by atoms with Gasteiger partial charge >= 0.3 is 0 Å². The van der Waals surface area contributed by atoms with Gasteiger partial charge in [-0.25, -0.2) is 0 Å². The summed E-state index contributed by atoms with van der Waals surface area (Å²) in [7, 11) is 1.61. The Kier molecular flexibility index (Phi) is 7.59. The number of hydrogen-bond donors (Lipinski definition) is 1. The fourth-order valence-corrected chi connectivity index (χ4v) is 4.21. The first-order valence-electron chi connectivity index (χ1n) is 11.3. The lowest BCUT2D eigenvalue weighted by atomic mass is 9.91. The van der Waals surface area contributed by atoms with Crippen molar-refractivity contribution in [2.45, 2.75) is 52.7 Å². The summed E-state index contributed by atoms with van der Waals surface area (Å²) in [4.78, 5) is 27.7. The molecule has 1 heterocycles. The van der Waals surface area contributed by atoms with Crippen molar-refractivity contribution in [2.75, 3.05) is 20.3 Å². The highest BCUT2D eigenvalue weighted by Gasteiger charge is 2.46. The van der Waals surface area contributed by atoms with Crippen LogP contribution in [-0.4, -0.2) is 48.1 Å². The summed E-state index contributed by atoms with van der Waals surface area (Å²) in [6, 6.07) is 12.3. The number of aliphatic hydroxyl groups is 1. The minimum atomic E-state index is -0.689. The Hall–Kier alpha value is -3.12. The Labute approximate surface area is 195 Å². The van der Waals surface area contributed by atoms with Gasteiger partial charge in [0.05, 0.1) is 31.4 Å². The van der Waals surface area contributed by atoms with Gasteiger partial charge in [-0.1, -0.05) is 44.2 Å². The lowest BCUT2D eigenvalue weighted by Crippen LogP contribution is -2.33. The maximum absolute atomic E-state index is 13.2. The molecule has 1 amide bonds. The van der Waals surface area contributed by atoms with Gasteiger partial charge in [-0.05, 0) is 55.5 Å². The van der Waals surface area contributed by atoms with Crippen molar-refractivity contribution in [3.63, 3.8) is 0 Å². The van der Waals surface area contributed by atoms with E-state index in [0.717, 1.165) is 22.4 Å². The second-order valence-electron chi connectivity index (χ2n) is 8.89. The highest BCUT2D eigenvalue weighted by Crippen LogP contribution is 2.41. The number of carbonyl (C=O) groups excluding carboxylic acids is 2. The van der Waals surface area contributed by atoms with Gasteiger partial charge in [0.1, 0.15) is 11.5 Å². The third-order valence-electron chi connectivity index (χ3n) is 5.89. The van der Waals surface area contributed by atoms with Crippen molar-refractivity contribution in [3.05, 3.63) is 70.3 Å². The van der Waals surface area contributed by atoms with E-state index in [0.29, 0.717) is 12.2 Å². The van der Waals surface area contributed by atoms with Gasteiger partial charge in [0.15, 0.2) is 0 Å². The smallest absolute Gasteiger partial charge is 0.295 e. The maximum Gasteiger partial charge on any atom is 0.295 e. The number of carbonyl (C=O) groups is 2. The van der Waals surface area contributed by atoms with Crippen molar-refractivity contribution in [1.82, 2.24) is 4.90 Å². The molecule has 33 heavy (non-hydrogen) atoms. The molecule has 1 aliphatic rings. The summed E-state index contributed by atoms with van der Waals surface area (Å²) >= 11 is 0. The molecule has 0 saturated carbocycles. The number of rotatable bonds is 8. The summed E-state index contributed by atoms with van der Waals surface area (Å²) in [5, 5.41) is 11.4. The van der Waals surface area contributed by atoms with Crippen molar-refractivity contribution >= 4 is 17.4 Å². The fraction of sp³-hybridized carbons (Fsp3) is 0.407. The summed E-state index contributed by atoms with van der Waals surface area (Å²) in [6.45, 7) is 10.3. The molecule has 1 unspecified atom stereocenters. The standard InChI is InChI=1S/C27H33NO5/c1-16(2)20-15-21(18(5)14-22(20)32-6)25(29)23-24(19-10-8-7-9-11-19)28(27(31)26(23)30)12-13-33-17(3)4/h7-11,14-17,24,29H,12-13H2,1-6H3/b25-23+. The molecule has 0 aromatic heterocycles. The SMILES string of the molecule is COc1cc(C)c(/C(O)=C2\C(=O)C(=O)N(CCOC(C)C)C2c2ccccc2)cc1C(C)C. The monoisotopic (exact) mass is 451 g/mol. The molecule has 1 aliphatic heterocycles. The average molecular weight is 452 g/mol.